The Morgan fingerprint density at radius 2 is 1.33 bits per heavy atom. The molecule has 0 bridgehead atoms. The molecule has 1 aromatic heterocycles. The van der Waals surface area contributed by atoms with Gasteiger partial charge in [0.1, 0.15) is 12.1 Å². The molecular formula is C24H8N6. The van der Waals surface area contributed by atoms with E-state index < -0.39 is 0 Å². The van der Waals surface area contributed by atoms with Crippen molar-refractivity contribution >= 4 is 54.7 Å². The van der Waals surface area contributed by atoms with E-state index in [1.807, 2.05) is 48.5 Å². The van der Waals surface area contributed by atoms with E-state index >= 15 is 0 Å². The molecule has 0 fully saturated rings. The van der Waals surface area contributed by atoms with Crippen LogP contribution in [0.2, 0.25) is 0 Å². The van der Waals surface area contributed by atoms with Crippen LogP contribution in [-0.2, 0) is 0 Å². The molecule has 0 aliphatic carbocycles. The molecule has 0 amide bonds. The van der Waals surface area contributed by atoms with Crippen LogP contribution in [0.15, 0.2) is 48.5 Å². The molecule has 5 rings (SSSR count). The lowest BCUT2D eigenvalue weighted by molar-refractivity contribution is 1.21. The lowest BCUT2D eigenvalue weighted by Crippen LogP contribution is -1.98. The number of fused-ring (bicyclic) bond motifs is 8. The average molecular weight is 380 g/mol. The normalized spacial score (nSPS) is 10.5. The van der Waals surface area contributed by atoms with Gasteiger partial charge in [-0.1, -0.05) is 48.5 Å². The molecule has 0 unspecified atom stereocenters. The van der Waals surface area contributed by atoms with Gasteiger partial charge in [-0.2, -0.15) is 10.5 Å². The minimum atomic E-state index is -0.0653. The first-order valence-corrected chi connectivity index (χ1v) is 8.88. The maximum Gasteiger partial charge on any atom is 0.195 e. The highest BCUT2D eigenvalue weighted by Crippen LogP contribution is 2.42. The zero-order valence-corrected chi connectivity index (χ0v) is 15.3. The van der Waals surface area contributed by atoms with Crippen molar-refractivity contribution in [2.45, 2.75) is 0 Å². The predicted octanol–water partition coefficient (Wildman–Crippen LogP) is 5.93. The molecule has 0 saturated carbocycles. The van der Waals surface area contributed by atoms with Crippen LogP contribution in [0, 0.1) is 35.8 Å². The third-order valence-electron chi connectivity index (χ3n) is 5.17. The van der Waals surface area contributed by atoms with Crippen molar-refractivity contribution in [3.05, 3.63) is 82.8 Å². The van der Waals surface area contributed by atoms with Crippen molar-refractivity contribution in [3.63, 3.8) is 0 Å². The van der Waals surface area contributed by atoms with Crippen molar-refractivity contribution in [1.82, 2.24) is 9.97 Å². The van der Waals surface area contributed by atoms with Crippen LogP contribution >= 0.6 is 0 Å². The van der Waals surface area contributed by atoms with E-state index in [2.05, 4.69) is 19.7 Å². The minimum absolute atomic E-state index is 0.0400. The largest absolute Gasteiger partial charge is 0.250 e. The van der Waals surface area contributed by atoms with Crippen LogP contribution in [0.3, 0.4) is 0 Å². The Morgan fingerprint density at radius 3 is 2.00 bits per heavy atom. The van der Waals surface area contributed by atoms with Gasteiger partial charge in [0.05, 0.1) is 24.2 Å². The molecule has 6 nitrogen and oxygen atoms in total. The fraction of sp³-hybridized carbons (Fsp3) is 0. The third-order valence-corrected chi connectivity index (χ3v) is 5.17. The molecule has 6 heteroatoms. The molecule has 134 valence electrons. The third kappa shape index (κ3) is 2.20. The molecule has 0 aliphatic heterocycles. The van der Waals surface area contributed by atoms with Crippen molar-refractivity contribution in [3.8, 4) is 12.1 Å². The summed E-state index contributed by atoms with van der Waals surface area (Å²) in [6.45, 7) is 14.9. The fourth-order valence-corrected chi connectivity index (χ4v) is 3.88. The van der Waals surface area contributed by atoms with Gasteiger partial charge in [0.15, 0.2) is 22.8 Å². The Bertz CT molecular complexity index is 1740. The van der Waals surface area contributed by atoms with E-state index in [-0.39, 0.29) is 22.8 Å². The van der Waals surface area contributed by atoms with E-state index in [1.54, 1.807) is 12.1 Å². The Kier molecular flexibility index (Phi) is 3.56. The summed E-state index contributed by atoms with van der Waals surface area (Å²) in [6.07, 6.45) is 0. The van der Waals surface area contributed by atoms with Crippen LogP contribution in [0.1, 0.15) is 11.4 Å². The first kappa shape index (κ1) is 17.1. The van der Waals surface area contributed by atoms with Gasteiger partial charge < -0.3 is 0 Å². The van der Waals surface area contributed by atoms with E-state index in [0.717, 1.165) is 26.9 Å². The van der Waals surface area contributed by atoms with Crippen LogP contribution < -0.4 is 0 Å². The summed E-state index contributed by atoms with van der Waals surface area (Å²) in [5.74, 6) is 0. The van der Waals surface area contributed by atoms with E-state index in [9.17, 15) is 10.5 Å². The molecule has 0 radical (unpaired) electrons. The second-order valence-corrected chi connectivity index (χ2v) is 6.66. The van der Waals surface area contributed by atoms with Crippen LogP contribution in [-0.4, -0.2) is 9.97 Å². The Hall–Kier alpha value is -5.04. The molecule has 0 spiro atoms. The number of hydrogen-bond acceptors (Lipinski definition) is 4. The highest BCUT2D eigenvalue weighted by molar-refractivity contribution is 6.30. The number of aromatic nitrogens is 2. The number of nitrogens with zero attached hydrogens (tertiary/aromatic N) is 6. The first-order valence-electron chi connectivity index (χ1n) is 8.88. The second-order valence-electron chi connectivity index (χ2n) is 6.66. The highest BCUT2D eigenvalue weighted by Gasteiger charge is 2.18. The summed E-state index contributed by atoms with van der Waals surface area (Å²) in [5.41, 5.74) is 1.30. The molecule has 0 atom stereocenters. The van der Waals surface area contributed by atoms with Gasteiger partial charge in [-0.25, -0.2) is 9.97 Å². The maximum absolute atomic E-state index is 9.48. The number of rotatable bonds is 0. The van der Waals surface area contributed by atoms with Crippen LogP contribution in [0.4, 0.5) is 11.4 Å². The van der Waals surface area contributed by atoms with Crippen molar-refractivity contribution in [2.24, 2.45) is 0 Å². The van der Waals surface area contributed by atoms with Crippen LogP contribution in [0.25, 0.3) is 53.0 Å². The number of benzene rings is 4. The molecule has 0 saturated heterocycles. The van der Waals surface area contributed by atoms with Gasteiger partial charge in [0, 0.05) is 5.39 Å². The monoisotopic (exact) mass is 380 g/mol. The van der Waals surface area contributed by atoms with Gasteiger partial charge in [-0.15, -0.1) is 0 Å². The molecule has 1 heterocycles. The fourth-order valence-electron chi connectivity index (χ4n) is 3.88. The highest BCUT2D eigenvalue weighted by atomic mass is 14.8. The Morgan fingerprint density at radius 1 is 0.700 bits per heavy atom. The van der Waals surface area contributed by atoms with Gasteiger partial charge in [0.2, 0.25) is 0 Å². The quantitative estimate of drug-likeness (QED) is 0.246. The Balaban J connectivity index is 2.19. The lowest BCUT2D eigenvalue weighted by atomic mass is 9.94. The maximum atomic E-state index is 9.48. The molecule has 0 aliphatic rings. The summed E-state index contributed by atoms with van der Waals surface area (Å²) in [5, 5.41) is 23.9. The standard InChI is InChI=1S/C24H8N6/c1-27-18-9-16-15-8-7-13-5-3-4-6-14(13)22(15)24-23(17(16)10-19(18)28-2)29-20(11-25)21(12-26)30-24/h3-10H. The average Bonchev–Trinajstić information content (AvgIpc) is 2.81. The van der Waals surface area contributed by atoms with Crippen molar-refractivity contribution in [1.29, 1.82) is 10.5 Å². The zero-order chi connectivity index (χ0) is 20.8. The molecular weight excluding hydrogens is 372 g/mol. The smallest absolute Gasteiger partial charge is 0.195 e. The number of nitriles is 2. The first-order chi connectivity index (χ1) is 14.7. The van der Waals surface area contributed by atoms with Gasteiger partial charge in [-0.05, 0) is 26.9 Å². The summed E-state index contributed by atoms with van der Waals surface area (Å²) in [6, 6.07) is 19.0. The SMILES string of the molecule is [C-]#[N+]c1cc2c(cc1[N+]#[C-])c1nc(C#N)c(C#N)nc1c1c3ccccc3ccc21. The lowest BCUT2D eigenvalue weighted by Gasteiger charge is -2.13. The van der Waals surface area contributed by atoms with E-state index in [1.165, 1.54) is 0 Å². The van der Waals surface area contributed by atoms with Gasteiger partial charge >= 0.3 is 0 Å². The van der Waals surface area contributed by atoms with Crippen molar-refractivity contribution < 1.29 is 0 Å². The molecule has 5 aromatic rings. The zero-order valence-electron chi connectivity index (χ0n) is 15.3. The van der Waals surface area contributed by atoms with Gasteiger partial charge in [-0.3, -0.25) is 9.69 Å². The molecule has 4 aromatic carbocycles. The summed E-state index contributed by atoms with van der Waals surface area (Å²) in [7, 11) is 0. The summed E-state index contributed by atoms with van der Waals surface area (Å²) >= 11 is 0. The Labute approximate surface area is 170 Å². The topological polar surface area (TPSA) is 82.1 Å². The summed E-state index contributed by atoms with van der Waals surface area (Å²) < 4.78 is 0. The van der Waals surface area contributed by atoms with Crippen molar-refractivity contribution in [2.75, 3.05) is 0 Å². The van der Waals surface area contributed by atoms with Crippen LogP contribution in [0.5, 0.6) is 0 Å². The van der Waals surface area contributed by atoms with E-state index in [0.29, 0.717) is 16.4 Å². The minimum Gasteiger partial charge on any atom is -0.250 e. The molecule has 0 N–H and O–H groups in total. The van der Waals surface area contributed by atoms with Gasteiger partial charge in [0.25, 0.3) is 0 Å². The molecule has 30 heavy (non-hydrogen) atoms. The number of hydrogen-bond donors (Lipinski definition) is 0. The predicted molar refractivity (Wildman–Crippen MR) is 114 cm³/mol. The second kappa shape index (κ2) is 6.25. The van der Waals surface area contributed by atoms with E-state index in [4.69, 9.17) is 13.1 Å². The summed E-state index contributed by atoms with van der Waals surface area (Å²) in [4.78, 5) is 15.9.